The van der Waals surface area contributed by atoms with Gasteiger partial charge in [-0.1, -0.05) is 13.0 Å². The first-order valence-electron chi connectivity index (χ1n) is 10.4. The summed E-state index contributed by atoms with van der Waals surface area (Å²) in [6.07, 6.45) is 2.74. The van der Waals surface area contributed by atoms with Crippen molar-refractivity contribution in [1.29, 1.82) is 0 Å². The topological polar surface area (TPSA) is 120 Å². The Kier molecular flexibility index (Phi) is 8.32. The molecule has 2 aromatic heterocycles. The first-order valence-corrected chi connectivity index (χ1v) is 11.3. The molecule has 0 unspecified atom stereocenters. The van der Waals surface area contributed by atoms with E-state index < -0.39 is 11.9 Å². The Morgan fingerprint density at radius 1 is 1.16 bits per heavy atom. The molecular weight excluding hydrogens is 434 g/mol. The Balaban J connectivity index is 0.000000427. The molecule has 0 spiro atoms. The molecule has 9 nitrogen and oxygen atoms in total. The summed E-state index contributed by atoms with van der Waals surface area (Å²) in [7, 11) is 0. The number of amides is 1. The first kappa shape index (κ1) is 23.8. The SMILES string of the molecule is CCc1ccc(C(=O)N2C[C@@H]3CN(Cc4cccs4)CCO[C@@H]3C2)cn1.O=C(O)C(=O)O. The molecule has 32 heavy (non-hydrogen) atoms. The highest BCUT2D eigenvalue weighted by atomic mass is 32.1. The van der Waals surface area contributed by atoms with Crippen molar-refractivity contribution in [3.05, 3.63) is 52.0 Å². The van der Waals surface area contributed by atoms with E-state index >= 15 is 0 Å². The van der Waals surface area contributed by atoms with Gasteiger partial charge in [0.1, 0.15) is 0 Å². The van der Waals surface area contributed by atoms with Crippen molar-refractivity contribution in [2.45, 2.75) is 26.0 Å². The van der Waals surface area contributed by atoms with Crippen LogP contribution in [0.2, 0.25) is 0 Å². The van der Waals surface area contributed by atoms with Crippen LogP contribution in [0.4, 0.5) is 0 Å². The highest BCUT2D eigenvalue weighted by Gasteiger charge is 2.38. The van der Waals surface area contributed by atoms with Gasteiger partial charge in [-0.3, -0.25) is 14.7 Å². The van der Waals surface area contributed by atoms with E-state index in [1.54, 1.807) is 17.5 Å². The van der Waals surface area contributed by atoms with Gasteiger partial charge >= 0.3 is 11.9 Å². The molecule has 2 N–H and O–H groups in total. The summed E-state index contributed by atoms with van der Waals surface area (Å²) in [5.74, 6) is -3.20. The third-order valence-electron chi connectivity index (χ3n) is 5.48. The number of aromatic nitrogens is 1. The van der Waals surface area contributed by atoms with Gasteiger partial charge in [-0.05, 0) is 30.0 Å². The van der Waals surface area contributed by atoms with Crippen LogP contribution >= 0.6 is 11.3 Å². The number of nitrogens with zero attached hydrogens (tertiary/aromatic N) is 3. The van der Waals surface area contributed by atoms with Gasteiger partial charge in [0.2, 0.25) is 0 Å². The quantitative estimate of drug-likeness (QED) is 0.662. The number of thiophene rings is 1. The van der Waals surface area contributed by atoms with Crippen molar-refractivity contribution in [1.82, 2.24) is 14.8 Å². The Morgan fingerprint density at radius 3 is 2.53 bits per heavy atom. The zero-order valence-corrected chi connectivity index (χ0v) is 18.7. The van der Waals surface area contributed by atoms with Crippen LogP contribution < -0.4 is 0 Å². The Hall–Kier alpha value is -2.82. The molecule has 0 aliphatic carbocycles. The van der Waals surface area contributed by atoms with Crippen LogP contribution in [-0.4, -0.2) is 81.7 Å². The number of carboxylic acids is 2. The van der Waals surface area contributed by atoms with E-state index in [2.05, 4.69) is 34.3 Å². The average Bonchev–Trinajstić information content (AvgIpc) is 3.40. The second kappa shape index (κ2) is 11.2. The minimum absolute atomic E-state index is 0.0710. The zero-order chi connectivity index (χ0) is 23.1. The molecule has 2 fully saturated rings. The van der Waals surface area contributed by atoms with Crippen LogP contribution in [0.15, 0.2) is 35.8 Å². The molecule has 2 atom stereocenters. The zero-order valence-electron chi connectivity index (χ0n) is 17.8. The lowest BCUT2D eigenvalue weighted by molar-refractivity contribution is -0.159. The molecule has 1 amide bonds. The molecule has 172 valence electrons. The van der Waals surface area contributed by atoms with Crippen molar-refractivity contribution in [2.24, 2.45) is 5.92 Å². The fraction of sp³-hybridized carbons (Fsp3) is 0.455. The standard InChI is InChI=1S/C20H25N3O2S.C2H2O4/c1-2-17-6-5-15(10-21-17)20(24)23-12-16-11-22(7-8-25-19(16)14-23)13-18-4-3-9-26-18;3-1(4)2(5)6/h3-6,9-10,16,19H,2,7-8,11-14H2,1H3;(H,3,4)(H,5,6)/t16-,19+;/m0./s1. The molecule has 0 aromatic carbocycles. The number of rotatable bonds is 4. The Labute approximate surface area is 190 Å². The summed E-state index contributed by atoms with van der Waals surface area (Å²) >= 11 is 1.80. The second-order valence-electron chi connectivity index (χ2n) is 7.70. The van der Waals surface area contributed by atoms with Gasteiger partial charge < -0.3 is 19.8 Å². The molecule has 2 aliphatic heterocycles. The number of likely N-dealkylation sites (tertiary alicyclic amines) is 1. The van der Waals surface area contributed by atoms with E-state index in [9.17, 15) is 4.79 Å². The first-order chi connectivity index (χ1) is 15.4. The van der Waals surface area contributed by atoms with Crippen molar-refractivity contribution in [3.8, 4) is 0 Å². The average molecular weight is 462 g/mol. The highest BCUT2D eigenvalue weighted by Crippen LogP contribution is 2.26. The lowest BCUT2D eigenvalue weighted by Crippen LogP contribution is -2.33. The number of pyridine rings is 1. The number of aliphatic carboxylic acids is 2. The molecule has 2 aromatic rings. The summed E-state index contributed by atoms with van der Waals surface area (Å²) in [4.78, 5) is 41.2. The van der Waals surface area contributed by atoms with Gasteiger partial charge in [0, 0.05) is 55.4 Å². The van der Waals surface area contributed by atoms with Crippen LogP contribution in [0.25, 0.3) is 0 Å². The maximum absolute atomic E-state index is 12.8. The summed E-state index contributed by atoms with van der Waals surface area (Å²) in [6.45, 7) is 7.17. The number of ether oxygens (including phenoxy) is 1. The highest BCUT2D eigenvalue weighted by molar-refractivity contribution is 7.09. The Morgan fingerprint density at radius 2 is 1.94 bits per heavy atom. The van der Waals surface area contributed by atoms with Gasteiger partial charge in [0.15, 0.2) is 0 Å². The minimum Gasteiger partial charge on any atom is -0.473 e. The lowest BCUT2D eigenvalue weighted by atomic mass is 10.1. The number of carbonyl (C=O) groups excluding carboxylic acids is 1. The van der Waals surface area contributed by atoms with Gasteiger partial charge in [0.05, 0.1) is 18.3 Å². The molecule has 0 saturated carbocycles. The van der Waals surface area contributed by atoms with E-state index in [1.807, 2.05) is 17.0 Å². The molecule has 2 aliphatic rings. The van der Waals surface area contributed by atoms with E-state index in [0.29, 0.717) is 18.0 Å². The molecule has 0 bridgehead atoms. The predicted octanol–water partition coefficient (Wildman–Crippen LogP) is 1.83. The molecule has 4 heterocycles. The minimum atomic E-state index is -1.82. The van der Waals surface area contributed by atoms with Crippen LogP contribution in [0.3, 0.4) is 0 Å². The smallest absolute Gasteiger partial charge is 0.414 e. The third-order valence-corrected chi connectivity index (χ3v) is 6.34. The van der Waals surface area contributed by atoms with Crippen molar-refractivity contribution >= 4 is 29.2 Å². The van der Waals surface area contributed by atoms with E-state index in [-0.39, 0.29) is 12.0 Å². The summed E-state index contributed by atoms with van der Waals surface area (Å²) in [5.41, 5.74) is 1.69. The maximum Gasteiger partial charge on any atom is 0.414 e. The number of hydrogen-bond acceptors (Lipinski definition) is 7. The number of fused-ring (bicyclic) bond motifs is 1. The van der Waals surface area contributed by atoms with Gasteiger partial charge in [-0.25, -0.2) is 9.59 Å². The molecule has 2 saturated heterocycles. The van der Waals surface area contributed by atoms with Crippen LogP contribution in [0.5, 0.6) is 0 Å². The third kappa shape index (κ3) is 6.35. The maximum atomic E-state index is 12.8. The van der Waals surface area contributed by atoms with Crippen molar-refractivity contribution < 1.29 is 29.3 Å². The van der Waals surface area contributed by atoms with E-state index in [0.717, 1.165) is 44.9 Å². The predicted molar refractivity (Wildman–Crippen MR) is 118 cm³/mol. The molecule has 10 heteroatoms. The van der Waals surface area contributed by atoms with Crippen LogP contribution in [0.1, 0.15) is 27.9 Å². The Bertz CT molecular complexity index is 906. The fourth-order valence-corrected chi connectivity index (χ4v) is 4.58. The monoisotopic (exact) mass is 461 g/mol. The van der Waals surface area contributed by atoms with Crippen molar-refractivity contribution in [3.63, 3.8) is 0 Å². The lowest BCUT2D eigenvalue weighted by Gasteiger charge is -2.22. The summed E-state index contributed by atoms with van der Waals surface area (Å²) in [5, 5.41) is 16.9. The summed E-state index contributed by atoms with van der Waals surface area (Å²) < 4.78 is 6.08. The molecule has 0 radical (unpaired) electrons. The van der Waals surface area contributed by atoms with Crippen molar-refractivity contribution in [2.75, 3.05) is 32.8 Å². The fourth-order valence-electron chi connectivity index (χ4n) is 3.84. The largest absolute Gasteiger partial charge is 0.473 e. The van der Waals surface area contributed by atoms with Gasteiger partial charge in [0.25, 0.3) is 5.91 Å². The van der Waals surface area contributed by atoms with E-state index in [4.69, 9.17) is 24.5 Å². The molecular formula is C22H27N3O6S. The van der Waals surface area contributed by atoms with E-state index in [1.165, 1.54) is 4.88 Å². The number of carboxylic acid groups (broad SMARTS) is 2. The summed E-state index contributed by atoms with van der Waals surface area (Å²) in [6, 6.07) is 8.13. The van der Waals surface area contributed by atoms with Crippen LogP contribution in [0, 0.1) is 5.92 Å². The van der Waals surface area contributed by atoms with Gasteiger partial charge in [-0.2, -0.15) is 0 Å². The number of hydrogen-bond donors (Lipinski definition) is 2. The number of carbonyl (C=O) groups is 3. The normalized spacial score (nSPS) is 20.6. The van der Waals surface area contributed by atoms with Gasteiger partial charge in [-0.15, -0.1) is 11.3 Å². The molecule has 4 rings (SSSR count). The second-order valence-corrected chi connectivity index (χ2v) is 8.73. The van der Waals surface area contributed by atoms with Crippen LogP contribution in [-0.2, 0) is 27.3 Å². The number of aryl methyl sites for hydroxylation is 1.